The van der Waals surface area contributed by atoms with Crippen LogP contribution in [0.5, 0.6) is 11.6 Å². The lowest BCUT2D eigenvalue weighted by Gasteiger charge is -2.17. The molecule has 0 saturated heterocycles. The number of benzene rings is 2. The number of carbonyl (C=O) groups is 1. The summed E-state index contributed by atoms with van der Waals surface area (Å²) in [6.45, 7) is 4.49. The number of aryl methyl sites for hydroxylation is 1. The van der Waals surface area contributed by atoms with Crippen LogP contribution < -0.4 is 15.4 Å². The van der Waals surface area contributed by atoms with Crippen LogP contribution in [-0.4, -0.2) is 52.4 Å². The van der Waals surface area contributed by atoms with Crippen LogP contribution in [0.25, 0.3) is 11.3 Å². The molecule has 1 aliphatic carbocycles. The molecule has 1 saturated carbocycles. The van der Waals surface area contributed by atoms with E-state index >= 15 is 0 Å². The van der Waals surface area contributed by atoms with Crippen molar-refractivity contribution in [3.05, 3.63) is 89.7 Å². The van der Waals surface area contributed by atoms with Crippen molar-refractivity contribution >= 4 is 17.5 Å². The average Bonchev–Trinajstić information content (AvgIpc) is 3.82. The van der Waals surface area contributed by atoms with E-state index in [1.807, 2.05) is 6.07 Å². The maximum Gasteiger partial charge on any atom is 0.416 e. The van der Waals surface area contributed by atoms with E-state index in [9.17, 15) is 18.0 Å². The molecule has 1 fully saturated rings. The van der Waals surface area contributed by atoms with Crippen molar-refractivity contribution < 1.29 is 22.7 Å². The summed E-state index contributed by atoms with van der Waals surface area (Å²) in [5.74, 6) is 1.62. The second kappa shape index (κ2) is 13.2. The highest BCUT2D eigenvalue weighted by Crippen LogP contribution is 2.34. The molecule has 2 aromatic heterocycles. The summed E-state index contributed by atoms with van der Waals surface area (Å²) in [4.78, 5) is 28.4. The Bertz CT molecular complexity index is 1570. The quantitative estimate of drug-likeness (QED) is 0.183. The fourth-order valence-electron chi connectivity index (χ4n) is 4.53. The summed E-state index contributed by atoms with van der Waals surface area (Å²) in [5.41, 5.74) is 1.45. The Labute approximate surface area is 248 Å². The molecule has 8 nitrogen and oxygen atoms in total. The van der Waals surface area contributed by atoms with Gasteiger partial charge in [-0.25, -0.2) is 15.0 Å². The van der Waals surface area contributed by atoms with Crippen LogP contribution in [0.2, 0.25) is 0 Å². The van der Waals surface area contributed by atoms with Gasteiger partial charge < -0.3 is 20.3 Å². The van der Waals surface area contributed by atoms with Gasteiger partial charge in [0.05, 0.1) is 16.8 Å². The molecule has 0 aliphatic heterocycles. The van der Waals surface area contributed by atoms with Gasteiger partial charge in [-0.1, -0.05) is 18.9 Å². The number of ether oxygens (including phenoxy) is 1. The van der Waals surface area contributed by atoms with E-state index in [-0.39, 0.29) is 5.56 Å². The number of nitrogens with one attached hydrogen (secondary N) is 2. The van der Waals surface area contributed by atoms with E-state index in [1.54, 1.807) is 49.6 Å². The number of likely N-dealkylation sites (N-methyl/N-ethyl adjacent to an activating group) is 1. The van der Waals surface area contributed by atoms with Crippen LogP contribution in [0.3, 0.4) is 0 Å². The van der Waals surface area contributed by atoms with Crippen molar-refractivity contribution in [2.45, 2.75) is 32.4 Å². The van der Waals surface area contributed by atoms with Crippen molar-refractivity contribution in [1.29, 1.82) is 0 Å². The standard InChI is InChI=1S/C32H33F3N6O2/c1-21-19-25(39-29(42)23-5-3-6-24(20-23)32(33,34)35)10-11-28(21)43-30-26(7-4-14-36-30)27-12-15-37-31(40-27)38-16-18-41(2)17-13-22-8-9-22/h3-7,10-12,14-15,19-20,22H,8-9,13,16-18H2,1-2H3,(H,39,42)(H,37,38,40). The van der Waals surface area contributed by atoms with Crippen molar-refractivity contribution in [3.63, 3.8) is 0 Å². The number of nitrogens with zero attached hydrogens (tertiary/aromatic N) is 4. The van der Waals surface area contributed by atoms with Gasteiger partial charge in [0.2, 0.25) is 11.8 Å². The van der Waals surface area contributed by atoms with Gasteiger partial charge in [0, 0.05) is 36.7 Å². The second-order valence-corrected chi connectivity index (χ2v) is 10.7. The Morgan fingerprint density at radius 2 is 1.86 bits per heavy atom. The minimum absolute atomic E-state index is 0.0924. The summed E-state index contributed by atoms with van der Waals surface area (Å²) >= 11 is 0. The predicted octanol–water partition coefficient (Wildman–Crippen LogP) is 7.05. The Hall–Kier alpha value is -4.51. The summed E-state index contributed by atoms with van der Waals surface area (Å²) in [6.07, 6.45) is 2.75. The van der Waals surface area contributed by atoms with E-state index in [0.29, 0.717) is 40.1 Å². The second-order valence-electron chi connectivity index (χ2n) is 10.7. The van der Waals surface area contributed by atoms with E-state index in [2.05, 4.69) is 37.5 Å². The molecule has 2 heterocycles. The van der Waals surface area contributed by atoms with Crippen LogP contribution in [0.1, 0.15) is 40.7 Å². The maximum atomic E-state index is 13.1. The van der Waals surface area contributed by atoms with E-state index in [4.69, 9.17) is 4.74 Å². The highest BCUT2D eigenvalue weighted by atomic mass is 19.4. The fraction of sp³-hybridized carbons (Fsp3) is 0.312. The van der Waals surface area contributed by atoms with Gasteiger partial charge in [0.25, 0.3) is 5.91 Å². The normalized spacial score (nSPS) is 13.2. The number of aromatic nitrogens is 3. The molecule has 0 atom stereocenters. The van der Waals surface area contributed by atoms with E-state index < -0.39 is 17.6 Å². The SMILES string of the molecule is Cc1cc(NC(=O)c2cccc(C(F)(F)F)c2)ccc1Oc1ncccc1-c1ccnc(NCCN(C)CCC2CC2)n1. The van der Waals surface area contributed by atoms with Gasteiger partial charge in [-0.2, -0.15) is 13.2 Å². The Morgan fingerprint density at radius 3 is 2.63 bits per heavy atom. The topological polar surface area (TPSA) is 92.3 Å². The molecule has 0 bridgehead atoms. The first-order valence-electron chi connectivity index (χ1n) is 14.1. The van der Waals surface area contributed by atoms with Gasteiger partial charge in [0.1, 0.15) is 5.75 Å². The molecule has 0 unspecified atom stereocenters. The number of amides is 1. The minimum Gasteiger partial charge on any atom is -0.438 e. The third kappa shape index (κ3) is 8.29. The highest BCUT2D eigenvalue weighted by Gasteiger charge is 2.31. The molecule has 5 rings (SSSR count). The van der Waals surface area contributed by atoms with Crippen molar-refractivity contribution in [3.8, 4) is 22.9 Å². The number of rotatable bonds is 12. The summed E-state index contributed by atoms with van der Waals surface area (Å²) in [7, 11) is 2.12. The van der Waals surface area contributed by atoms with Crippen molar-refractivity contribution in [1.82, 2.24) is 19.9 Å². The fourth-order valence-corrected chi connectivity index (χ4v) is 4.53. The third-order valence-corrected chi connectivity index (χ3v) is 7.19. The Morgan fingerprint density at radius 1 is 1.02 bits per heavy atom. The van der Waals surface area contributed by atoms with Crippen molar-refractivity contribution in [2.75, 3.05) is 37.3 Å². The number of alkyl halides is 3. The van der Waals surface area contributed by atoms with Gasteiger partial charge in [0.15, 0.2) is 0 Å². The first kappa shape index (κ1) is 30.0. The first-order chi connectivity index (χ1) is 20.7. The summed E-state index contributed by atoms with van der Waals surface area (Å²) in [5, 5.41) is 5.94. The molecular formula is C32H33F3N6O2. The van der Waals surface area contributed by atoms with Crippen LogP contribution >= 0.6 is 0 Å². The Balaban J connectivity index is 1.23. The number of pyridine rings is 1. The molecule has 2 N–H and O–H groups in total. The zero-order chi connectivity index (χ0) is 30.4. The van der Waals surface area contributed by atoms with Crippen LogP contribution in [0.4, 0.5) is 24.8 Å². The largest absolute Gasteiger partial charge is 0.438 e. The smallest absolute Gasteiger partial charge is 0.416 e. The maximum absolute atomic E-state index is 13.1. The minimum atomic E-state index is -4.54. The molecule has 1 amide bonds. The Kier molecular flexibility index (Phi) is 9.20. The van der Waals surface area contributed by atoms with Gasteiger partial charge >= 0.3 is 6.18 Å². The van der Waals surface area contributed by atoms with Crippen molar-refractivity contribution in [2.24, 2.45) is 5.92 Å². The van der Waals surface area contributed by atoms with Gasteiger partial charge in [-0.05, 0) is 93.0 Å². The summed E-state index contributed by atoms with van der Waals surface area (Å²) < 4.78 is 45.3. The molecule has 2 aromatic carbocycles. The molecule has 43 heavy (non-hydrogen) atoms. The zero-order valence-electron chi connectivity index (χ0n) is 24.0. The molecule has 0 radical (unpaired) electrons. The van der Waals surface area contributed by atoms with Crippen LogP contribution in [0, 0.1) is 12.8 Å². The number of halogens is 3. The van der Waals surface area contributed by atoms with E-state index in [0.717, 1.165) is 37.7 Å². The number of carbonyl (C=O) groups excluding carboxylic acids is 1. The molecule has 224 valence electrons. The molecule has 1 aliphatic rings. The predicted molar refractivity (Wildman–Crippen MR) is 159 cm³/mol. The number of hydrogen-bond donors (Lipinski definition) is 2. The lowest BCUT2D eigenvalue weighted by molar-refractivity contribution is -0.137. The number of hydrogen-bond acceptors (Lipinski definition) is 7. The zero-order valence-corrected chi connectivity index (χ0v) is 24.0. The van der Waals surface area contributed by atoms with Gasteiger partial charge in [-0.15, -0.1) is 0 Å². The molecule has 0 spiro atoms. The van der Waals surface area contributed by atoms with Crippen LogP contribution in [0.15, 0.2) is 73.1 Å². The third-order valence-electron chi connectivity index (χ3n) is 7.19. The average molecular weight is 591 g/mol. The van der Waals surface area contributed by atoms with Gasteiger partial charge in [-0.3, -0.25) is 4.79 Å². The molecule has 4 aromatic rings. The van der Waals surface area contributed by atoms with E-state index in [1.165, 1.54) is 31.4 Å². The van der Waals surface area contributed by atoms with Crippen LogP contribution in [-0.2, 0) is 6.18 Å². The lowest BCUT2D eigenvalue weighted by Crippen LogP contribution is -2.26. The monoisotopic (exact) mass is 590 g/mol. The molecule has 11 heteroatoms. The summed E-state index contributed by atoms with van der Waals surface area (Å²) in [6, 6.07) is 14.7. The highest BCUT2D eigenvalue weighted by molar-refractivity contribution is 6.04. The number of anilines is 2. The first-order valence-corrected chi connectivity index (χ1v) is 14.1. The molecular weight excluding hydrogens is 557 g/mol. The lowest BCUT2D eigenvalue weighted by atomic mass is 10.1.